The van der Waals surface area contributed by atoms with Crippen LogP contribution in [0.15, 0.2) is 12.2 Å². The summed E-state index contributed by atoms with van der Waals surface area (Å²) in [5.41, 5.74) is 0.281. The molecule has 1 saturated carbocycles. The van der Waals surface area contributed by atoms with Crippen LogP contribution < -0.4 is 0 Å². The lowest BCUT2D eigenvalue weighted by molar-refractivity contribution is -0.203. The minimum absolute atomic E-state index is 0.000718. The van der Waals surface area contributed by atoms with Crippen LogP contribution in [0.1, 0.15) is 19.8 Å². The van der Waals surface area contributed by atoms with Crippen LogP contribution in [-0.2, 0) is 14.3 Å². The molecule has 1 fully saturated rings. The standard InChI is InChI=1S/C10H14F2O3/c1-7(2)9(13)15-6-5-14-8-3-4-10(8,11)12/h8H,1,3-6H2,2H3. The van der Waals surface area contributed by atoms with Crippen LogP contribution in [0.3, 0.4) is 0 Å². The van der Waals surface area contributed by atoms with Crippen molar-refractivity contribution in [3.8, 4) is 0 Å². The first-order chi connectivity index (χ1) is 6.93. The minimum Gasteiger partial charge on any atom is -0.460 e. The molecule has 0 aliphatic heterocycles. The third-order valence-corrected chi connectivity index (χ3v) is 2.19. The molecular weight excluding hydrogens is 206 g/mol. The van der Waals surface area contributed by atoms with Crippen LogP contribution in [0.5, 0.6) is 0 Å². The van der Waals surface area contributed by atoms with Crippen LogP contribution in [0, 0.1) is 0 Å². The van der Waals surface area contributed by atoms with Crippen molar-refractivity contribution in [2.24, 2.45) is 0 Å². The number of alkyl halides is 2. The van der Waals surface area contributed by atoms with Gasteiger partial charge in [0.1, 0.15) is 12.7 Å². The number of esters is 1. The molecule has 5 heteroatoms. The molecule has 0 aromatic rings. The summed E-state index contributed by atoms with van der Waals surface area (Å²) in [4.78, 5) is 10.9. The largest absolute Gasteiger partial charge is 0.460 e. The second-order valence-electron chi connectivity index (χ2n) is 3.58. The predicted molar refractivity (Wildman–Crippen MR) is 49.7 cm³/mol. The molecule has 0 bridgehead atoms. The molecule has 0 heterocycles. The number of halogens is 2. The van der Waals surface area contributed by atoms with Gasteiger partial charge in [0.25, 0.3) is 5.92 Å². The average Bonchev–Trinajstić information content (AvgIpc) is 2.15. The van der Waals surface area contributed by atoms with Gasteiger partial charge in [0.2, 0.25) is 0 Å². The minimum atomic E-state index is -2.71. The van der Waals surface area contributed by atoms with Crippen LogP contribution in [0.25, 0.3) is 0 Å². The molecule has 0 spiro atoms. The van der Waals surface area contributed by atoms with E-state index in [1.165, 1.54) is 6.92 Å². The van der Waals surface area contributed by atoms with E-state index in [1.807, 2.05) is 0 Å². The molecule has 1 rings (SSSR count). The Morgan fingerprint density at radius 2 is 2.20 bits per heavy atom. The summed E-state index contributed by atoms with van der Waals surface area (Å²) in [5, 5.41) is 0. The molecule has 1 aliphatic rings. The normalized spacial score (nSPS) is 23.0. The first-order valence-corrected chi connectivity index (χ1v) is 4.75. The molecule has 15 heavy (non-hydrogen) atoms. The van der Waals surface area contributed by atoms with Gasteiger partial charge in [0.05, 0.1) is 6.61 Å². The summed E-state index contributed by atoms with van der Waals surface area (Å²) in [5.74, 6) is -3.24. The molecule has 0 radical (unpaired) electrons. The van der Waals surface area contributed by atoms with Crippen LogP contribution in [-0.4, -0.2) is 31.2 Å². The van der Waals surface area contributed by atoms with Crippen molar-refractivity contribution in [3.63, 3.8) is 0 Å². The van der Waals surface area contributed by atoms with Gasteiger partial charge in [-0.05, 0) is 13.3 Å². The molecule has 0 aromatic heterocycles. The van der Waals surface area contributed by atoms with Gasteiger partial charge in [-0.1, -0.05) is 6.58 Å². The van der Waals surface area contributed by atoms with E-state index in [1.54, 1.807) is 0 Å². The monoisotopic (exact) mass is 220 g/mol. The van der Waals surface area contributed by atoms with Crippen molar-refractivity contribution in [2.45, 2.75) is 31.8 Å². The number of hydrogen-bond acceptors (Lipinski definition) is 3. The molecule has 1 atom stereocenters. The summed E-state index contributed by atoms with van der Waals surface area (Å²) in [6.07, 6.45) is -0.772. The summed E-state index contributed by atoms with van der Waals surface area (Å²) in [6, 6.07) is 0. The zero-order chi connectivity index (χ0) is 11.5. The Hall–Kier alpha value is -0.970. The van der Waals surface area contributed by atoms with Gasteiger partial charge in [-0.3, -0.25) is 0 Å². The van der Waals surface area contributed by atoms with Gasteiger partial charge in [-0.2, -0.15) is 0 Å². The third-order valence-electron chi connectivity index (χ3n) is 2.19. The van der Waals surface area contributed by atoms with E-state index in [2.05, 4.69) is 11.3 Å². The van der Waals surface area contributed by atoms with Gasteiger partial charge in [-0.15, -0.1) is 0 Å². The van der Waals surface area contributed by atoms with Gasteiger partial charge in [-0.25, -0.2) is 13.6 Å². The van der Waals surface area contributed by atoms with Crippen molar-refractivity contribution in [1.82, 2.24) is 0 Å². The molecule has 3 nitrogen and oxygen atoms in total. The van der Waals surface area contributed by atoms with Crippen LogP contribution >= 0.6 is 0 Å². The maximum absolute atomic E-state index is 12.7. The highest BCUT2D eigenvalue weighted by atomic mass is 19.3. The maximum atomic E-state index is 12.7. The fourth-order valence-electron chi connectivity index (χ4n) is 1.13. The van der Waals surface area contributed by atoms with Gasteiger partial charge in [0.15, 0.2) is 0 Å². The Bertz CT molecular complexity index is 263. The summed E-state index contributed by atoms with van der Waals surface area (Å²) < 4.78 is 34.9. The maximum Gasteiger partial charge on any atom is 0.333 e. The van der Waals surface area contributed by atoms with E-state index in [9.17, 15) is 13.6 Å². The lowest BCUT2D eigenvalue weighted by Gasteiger charge is -2.35. The average molecular weight is 220 g/mol. The number of carbonyl (C=O) groups excluding carboxylic acids is 1. The molecule has 86 valence electrons. The van der Waals surface area contributed by atoms with Crippen molar-refractivity contribution in [2.75, 3.05) is 13.2 Å². The van der Waals surface area contributed by atoms with Crippen LogP contribution in [0.2, 0.25) is 0 Å². The molecule has 1 unspecified atom stereocenters. The van der Waals surface area contributed by atoms with Gasteiger partial charge >= 0.3 is 5.97 Å². The molecule has 0 amide bonds. The molecule has 0 N–H and O–H groups in total. The van der Waals surface area contributed by atoms with Crippen molar-refractivity contribution < 1.29 is 23.0 Å². The van der Waals surface area contributed by atoms with E-state index in [0.717, 1.165) is 0 Å². The zero-order valence-electron chi connectivity index (χ0n) is 8.59. The van der Waals surface area contributed by atoms with Gasteiger partial charge in [0, 0.05) is 12.0 Å². The van der Waals surface area contributed by atoms with Crippen molar-refractivity contribution in [3.05, 3.63) is 12.2 Å². The molecule has 0 saturated heterocycles. The summed E-state index contributed by atoms with van der Waals surface area (Å²) in [7, 11) is 0. The Balaban J connectivity index is 2.07. The molecule has 1 aliphatic carbocycles. The lowest BCUT2D eigenvalue weighted by atomic mass is 9.91. The highest BCUT2D eigenvalue weighted by Crippen LogP contribution is 2.39. The SMILES string of the molecule is C=C(C)C(=O)OCCOC1CCC1(F)F. The van der Waals surface area contributed by atoms with E-state index < -0.39 is 18.0 Å². The fourth-order valence-corrected chi connectivity index (χ4v) is 1.13. The van der Waals surface area contributed by atoms with Crippen molar-refractivity contribution >= 4 is 5.97 Å². The highest BCUT2D eigenvalue weighted by molar-refractivity contribution is 5.86. The predicted octanol–water partition coefficient (Wildman–Crippen LogP) is 1.92. The lowest BCUT2D eigenvalue weighted by Crippen LogP contribution is -2.46. The third kappa shape index (κ3) is 3.27. The molecule has 0 aromatic carbocycles. The number of ether oxygens (including phenoxy) is 2. The second-order valence-corrected chi connectivity index (χ2v) is 3.58. The van der Waals surface area contributed by atoms with E-state index >= 15 is 0 Å². The van der Waals surface area contributed by atoms with Crippen molar-refractivity contribution in [1.29, 1.82) is 0 Å². The van der Waals surface area contributed by atoms with E-state index in [0.29, 0.717) is 6.42 Å². The number of rotatable bonds is 5. The van der Waals surface area contributed by atoms with Gasteiger partial charge < -0.3 is 9.47 Å². The Morgan fingerprint density at radius 1 is 1.53 bits per heavy atom. The second kappa shape index (κ2) is 4.70. The zero-order valence-corrected chi connectivity index (χ0v) is 8.59. The Labute approximate surface area is 87.0 Å². The number of carbonyl (C=O) groups is 1. The first kappa shape index (κ1) is 12.1. The number of hydrogen-bond donors (Lipinski definition) is 0. The van der Waals surface area contributed by atoms with Crippen LogP contribution in [0.4, 0.5) is 8.78 Å². The summed E-state index contributed by atoms with van der Waals surface area (Å²) in [6.45, 7) is 4.88. The first-order valence-electron chi connectivity index (χ1n) is 4.75. The Morgan fingerprint density at radius 3 is 2.60 bits per heavy atom. The smallest absolute Gasteiger partial charge is 0.333 e. The Kier molecular flexibility index (Phi) is 3.79. The topological polar surface area (TPSA) is 35.5 Å². The molecular formula is C10H14F2O3. The quantitative estimate of drug-likeness (QED) is 0.403. The fraction of sp³-hybridized carbons (Fsp3) is 0.700. The van der Waals surface area contributed by atoms with E-state index in [-0.39, 0.29) is 25.2 Å². The van der Waals surface area contributed by atoms with E-state index in [4.69, 9.17) is 4.74 Å². The highest BCUT2D eigenvalue weighted by Gasteiger charge is 2.49. The summed E-state index contributed by atoms with van der Waals surface area (Å²) >= 11 is 0.